The number of ether oxygens (including phenoxy) is 2. The Kier molecular flexibility index (Phi) is 6.86. The number of rotatable bonds is 9. The zero-order chi connectivity index (χ0) is 13.2. The first-order chi connectivity index (χ1) is 8.79. The minimum absolute atomic E-state index is 0.450. The molecule has 0 spiro atoms. The van der Waals surface area contributed by atoms with Gasteiger partial charge in [-0.25, -0.2) is 4.98 Å². The van der Waals surface area contributed by atoms with Gasteiger partial charge in [-0.2, -0.15) is 4.98 Å². The second-order valence-electron chi connectivity index (χ2n) is 3.92. The quantitative estimate of drug-likeness (QED) is 0.652. The van der Waals surface area contributed by atoms with Gasteiger partial charge >= 0.3 is 0 Å². The van der Waals surface area contributed by atoms with Crippen LogP contribution < -0.4 is 15.8 Å². The highest BCUT2D eigenvalue weighted by molar-refractivity contribution is 5.66. The summed E-state index contributed by atoms with van der Waals surface area (Å²) >= 11 is 0. The number of hydrogen-bond acceptors (Lipinski definition) is 6. The summed E-state index contributed by atoms with van der Waals surface area (Å²) in [4.78, 5) is 8.12. The number of unbranched alkanes of at least 4 members (excludes halogenated alkanes) is 1. The van der Waals surface area contributed by atoms with Gasteiger partial charge in [0.1, 0.15) is 12.0 Å². The SMILES string of the molecule is CCCOc1ncnc(NCCCCOC)c1N. The maximum absolute atomic E-state index is 5.93. The molecule has 0 saturated carbocycles. The lowest BCUT2D eigenvalue weighted by atomic mass is 10.3. The molecule has 0 radical (unpaired) electrons. The second-order valence-corrected chi connectivity index (χ2v) is 3.92. The van der Waals surface area contributed by atoms with Crippen molar-refractivity contribution >= 4 is 11.5 Å². The predicted molar refractivity (Wildman–Crippen MR) is 71.8 cm³/mol. The average molecular weight is 254 g/mol. The molecule has 6 heteroatoms. The van der Waals surface area contributed by atoms with Gasteiger partial charge in [-0.1, -0.05) is 6.92 Å². The van der Waals surface area contributed by atoms with Crippen LogP contribution in [0.2, 0.25) is 0 Å². The normalized spacial score (nSPS) is 10.3. The molecule has 0 amide bonds. The van der Waals surface area contributed by atoms with E-state index in [1.807, 2.05) is 6.92 Å². The smallest absolute Gasteiger partial charge is 0.242 e. The summed E-state index contributed by atoms with van der Waals surface area (Å²) in [6.45, 7) is 4.21. The van der Waals surface area contributed by atoms with Crippen molar-refractivity contribution in [1.82, 2.24) is 9.97 Å². The molecular formula is C12H22N4O2. The number of nitrogens with one attached hydrogen (secondary N) is 1. The van der Waals surface area contributed by atoms with Crippen molar-refractivity contribution in [3.05, 3.63) is 6.33 Å². The number of hydrogen-bond donors (Lipinski definition) is 2. The van der Waals surface area contributed by atoms with E-state index in [2.05, 4.69) is 15.3 Å². The van der Waals surface area contributed by atoms with Crippen molar-refractivity contribution in [2.75, 3.05) is 37.9 Å². The van der Waals surface area contributed by atoms with E-state index in [-0.39, 0.29) is 0 Å². The van der Waals surface area contributed by atoms with Crippen LogP contribution in [0.4, 0.5) is 11.5 Å². The van der Waals surface area contributed by atoms with Crippen molar-refractivity contribution in [3.63, 3.8) is 0 Å². The fourth-order valence-corrected chi connectivity index (χ4v) is 1.41. The van der Waals surface area contributed by atoms with Gasteiger partial charge in [-0.05, 0) is 19.3 Å². The van der Waals surface area contributed by atoms with Crippen LogP contribution in [0.25, 0.3) is 0 Å². The highest BCUT2D eigenvalue weighted by atomic mass is 16.5. The molecule has 0 atom stereocenters. The third kappa shape index (κ3) is 4.75. The Morgan fingerprint density at radius 3 is 2.83 bits per heavy atom. The van der Waals surface area contributed by atoms with Gasteiger partial charge in [-0.3, -0.25) is 0 Å². The summed E-state index contributed by atoms with van der Waals surface area (Å²) < 4.78 is 10.4. The average Bonchev–Trinajstić information content (AvgIpc) is 2.39. The molecule has 1 rings (SSSR count). The Morgan fingerprint density at radius 2 is 2.11 bits per heavy atom. The summed E-state index contributed by atoms with van der Waals surface area (Å²) in [5.41, 5.74) is 6.40. The number of methoxy groups -OCH3 is 1. The van der Waals surface area contributed by atoms with Gasteiger partial charge in [0.05, 0.1) is 6.61 Å². The first-order valence-electron chi connectivity index (χ1n) is 6.25. The summed E-state index contributed by atoms with van der Waals surface area (Å²) in [5, 5.41) is 3.18. The summed E-state index contributed by atoms with van der Waals surface area (Å²) in [5.74, 6) is 1.08. The third-order valence-electron chi connectivity index (χ3n) is 2.36. The van der Waals surface area contributed by atoms with Crippen LogP contribution in [-0.2, 0) is 4.74 Å². The van der Waals surface area contributed by atoms with Crippen molar-refractivity contribution in [2.45, 2.75) is 26.2 Å². The first-order valence-corrected chi connectivity index (χ1v) is 6.25. The number of aromatic nitrogens is 2. The fourth-order valence-electron chi connectivity index (χ4n) is 1.41. The second kappa shape index (κ2) is 8.52. The van der Waals surface area contributed by atoms with E-state index in [0.29, 0.717) is 24.0 Å². The standard InChI is InChI=1S/C12H22N4O2/c1-3-7-18-12-10(13)11(15-9-16-12)14-6-4-5-8-17-2/h9H,3-8,13H2,1-2H3,(H,14,15,16). The molecule has 0 aromatic carbocycles. The topological polar surface area (TPSA) is 82.3 Å². The molecule has 102 valence electrons. The molecule has 1 aromatic rings. The zero-order valence-corrected chi connectivity index (χ0v) is 11.1. The lowest BCUT2D eigenvalue weighted by Gasteiger charge is -2.11. The Labute approximate surface area is 108 Å². The van der Waals surface area contributed by atoms with Gasteiger partial charge in [-0.15, -0.1) is 0 Å². The molecule has 0 fully saturated rings. The van der Waals surface area contributed by atoms with Crippen LogP contribution >= 0.6 is 0 Å². The molecule has 0 aliphatic heterocycles. The van der Waals surface area contributed by atoms with Crippen LogP contribution in [0.3, 0.4) is 0 Å². The molecule has 0 bridgehead atoms. The van der Waals surface area contributed by atoms with Crippen molar-refractivity contribution < 1.29 is 9.47 Å². The highest BCUT2D eigenvalue weighted by Crippen LogP contribution is 2.24. The van der Waals surface area contributed by atoms with E-state index in [1.165, 1.54) is 6.33 Å². The lowest BCUT2D eigenvalue weighted by Crippen LogP contribution is -2.09. The van der Waals surface area contributed by atoms with E-state index in [1.54, 1.807) is 7.11 Å². The highest BCUT2D eigenvalue weighted by Gasteiger charge is 2.08. The molecule has 1 heterocycles. The molecule has 0 aliphatic carbocycles. The molecule has 0 unspecified atom stereocenters. The molecule has 1 aromatic heterocycles. The Bertz CT molecular complexity index is 347. The van der Waals surface area contributed by atoms with E-state index in [0.717, 1.165) is 32.4 Å². The number of nitrogens with two attached hydrogens (primary N) is 1. The van der Waals surface area contributed by atoms with Crippen molar-refractivity contribution in [2.24, 2.45) is 0 Å². The minimum atomic E-state index is 0.450. The summed E-state index contributed by atoms with van der Waals surface area (Å²) in [6, 6.07) is 0. The van der Waals surface area contributed by atoms with Gasteiger partial charge in [0.25, 0.3) is 0 Å². The van der Waals surface area contributed by atoms with E-state index < -0.39 is 0 Å². The minimum Gasteiger partial charge on any atom is -0.476 e. The van der Waals surface area contributed by atoms with Gasteiger partial charge in [0.15, 0.2) is 5.82 Å². The Balaban J connectivity index is 2.44. The van der Waals surface area contributed by atoms with Crippen LogP contribution in [0.1, 0.15) is 26.2 Å². The maximum Gasteiger partial charge on any atom is 0.242 e. The summed E-state index contributed by atoms with van der Waals surface area (Å²) in [7, 11) is 1.70. The number of nitrogen functional groups attached to an aromatic ring is 1. The van der Waals surface area contributed by atoms with Crippen molar-refractivity contribution in [3.8, 4) is 5.88 Å². The monoisotopic (exact) mass is 254 g/mol. The lowest BCUT2D eigenvalue weighted by molar-refractivity contribution is 0.194. The molecule has 3 N–H and O–H groups in total. The van der Waals surface area contributed by atoms with Crippen molar-refractivity contribution in [1.29, 1.82) is 0 Å². The number of nitrogens with zero attached hydrogens (tertiary/aromatic N) is 2. The number of anilines is 2. The Hall–Kier alpha value is -1.56. The molecule has 18 heavy (non-hydrogen) atoms. The summed E-state index contributed by atoms with van der Waals surface area (Å²) in [6.07, 6.45) is 4.39. The third-order valence-corrected chi connectivity index (χ3v) is 2.36. The van der Waals surface area contributed by atoms with Gasteiger partial charge in [0.2, 0.25) is 5.88 Å². The predicted octanol–water partition coefficient (Wildman–Crippen LogP) is 1.69. The van der Waals surface area contributed by atoms with Crippen LogP contribution in [0, 0.1) is 0 Å². The largest absolute Gasteiger partial charge is 0.476 e. The molecular weight excluding hydrogens is 232 g/mol. The van der Waals surface area contributed by atoms with Gasteiger partial charge in [0, 0.05) is 20.3 Å². The first kappa shape index (κ1) is 14.5. The van der Waals surface area contributed by atoms with Crippen LogP contribution in [0.5, 0.6) is 5.88 Å². The van der Waals surface area contributed by atoms with Crippen LogP contribution in [0.15, 0.2) is 6.33 Å². The molecule has 6 nitrogen and oxygen atoms in total. The Morgan fingerprint density at radius 1 is 1.28 bits per heavy atom. The fraction of sp³-hybridized carbons (Fsp3) is 0.667. The van der Waals surface area contributed by atoms with Crippen LogP contribution in [-0.4, -0.2) is 36.8 Å². The zero-order valence-electron chi connectivity index (χ0n) is 11.1. The van der Waals surface area contributed by atoms with E-state index >= 15 is 0 Å². The molecule has 0 saturated heterocycles. The van der Waals surface area contributed by atoms with E-state index in [4.69, 9.17) is 15.2 Å². The molecule has 0 aliphatic rings. The van der Waals surface area contributed by atoms with Gasteiger partial charge < -0.3 is 20.5 Å². The van der Waals surface area contributed by atoms with E-state index in [9.17, 15) is 0 Å². The maximum atomic E-state index is 5.93.